The summed E-state index contributed by atoms with van der Waals surface area (Å²) in [5.74, 6) is 0. The van der Waals surface area contributed by atoms with Crippen molar-refractivity contribution in [1.82, 2.24) is 10.2 Å². The van der Waals surface area contributed by atoms with Crippen LogP contribution in [0.25, 0.3) is 0 Å². The highest BCUT2D eigenvalue weighted by Gasteiger charge is 2.09. The number of nitrogens with zero attached hydrogens (tertiary/aromatic N) is 1. The number of unbranched alkanes of at least 4 members (excludes halogenated alkanes) is 1. The zero-order valence-electron chi connectivity index (χ0n) is 10.6. The van der Waals surface area contributed by atoms with Crippen molar-refractivity contribution in [1.29, 1.82) is 0 Å². The third-order valence-electron chi connectivity index (χ3n) is 3.36. The van der Waals surface area contributed by atoms with Gasteiger partial charge in [-0.05, 0) is 58.8 Å². The normalized spacial score (nSPS) is 20.4. The molecule has 2 nitrogen and oxygen atoms in total. The molecule has 1 N–H and O–H groups in total. The first-order chi connectivity index (χ1) is 7.33. The van der Waals surface area contributed by atoms with Gasteiger partial charge in [-0.2, -0.15) is 0 Å². The fourth-order valence-electron chi connectivity index (χ4n) is 2.42. The minimum Gasteiger partial charge on any atom is -0.315 e. The molecule has 1 aliphatic rings. The van der Waals surface area contributed by atoms with Crippen LogP contribution >= 0.6 is 0 Å². The van der Waals surface area contributed by atoms with E-state index in [9.17, 15) is 0 Å². The number of rotatable bonds is 7. The summed E-state index contributed by atoms with van der Waals surface area (Å²) in [5, 5.41) is 3.47. The van der Waals surface area contributed by atoms with Crippen molar-refractivity contribution < 1.29 is 0 Å². The van der Waals surface area contributed by atoms with Crippen molar-refractivity contribution in [2.75, 3.05) is 26.2 Å². The lowest BCUT2D eigenvalue weighted by molar-refractivity contribution is 0.223. The molecule has 1 unspecified atom stereocenters. The van der Waals surface area contributed by atoms with E-state index in [1.54, 1.807) is 0 Å². The molecule has 0 saturated carbocycles. The molecule has 2 heteroatoms. The van der Waals surface area contributed by atoms with Gasteiger partial charge >= 0.3 is 0 Å². The first-order valence-corrected chi connectivity index (χ1v) is 6.78. The first kappa shape index (κ1) is 13.0. The SMILES string of the molecule is CCNC(C)CCCCN1CCCCC1. The standard InChI is InChI=1S/C13H28N2/c1-3-14-13(2)9-5-8-12-15-10-6-4-7-11-15/h13-14H,3-12H2,1-2H3. The maximum atomic E-state index is 3.47. The van der Waals surface area contributed by atoms with Crippen LogP contribution in [0.5, 0.6) is 0 Å². The second-order valence-corrected chi connectivity index (χ2v) is 4.86. The van der Waals surface area contributed by atoms with Crippen LogP contribution in [0.1, 0.15) is 52.4 Å². The Kier molecular flexibility index (Phi) is 7.03. The largest absolute Gasteiger partial charge is 0.315 e. The Morgan fingerprint density at radius 3 is 2.53 bits per heavy atom. The minimum absolute atomic E-state index is 0.705. The minimum atomic E-state index is 0.705. The highest BCUT2D eigenvalue weighted by atomic mass is 15.1. The van der Waals surface area contributed by atoms with Gasteiger partial charge in [0, 0.05) is 6.04 Å². The molecule has 0 aromatic carbocycles. The van der Waals surface area contributed by atoms with Crippen LogP contribution in [0.3, 0.4) is 0 Å². The van der Waals surface area contributed by atoms with Gasteiger partial charge in [-0.25, -0.2) is 0 Å². The summed E-state index contributed by atoms with van der Waals surface area (Å²) >= 11 is 0. The maximum absolute atomic E-state index is 3.47. The number of piperidine rings is 1. The zero-order chi connectivity index (χ0) is 10.9. The molecule has 1 aliphatic heterocycles. The first-order valence-electron chi connectivity index (χ1n) is 6.78. The van der Waals surface area contributed by atoms with Crippen molar-refractivity contribution in [2.45, 2.75) is 58.4 Å². The Balaban J connectivity index is 1.91. The summed E-state index contributed by atoms with van der Waals surface area (Å²) in [6, 6.07) is 0.705. The van der Waals surface area contributed by atoms with Crippen LogP contribution in [-0.4, -0.2) is 37.1 Å². The van der Waals surface area contributed by atoms with E-state index in [0.717, 1.165) is 6.54 Å². The number of hydrogen-bond donors (Lipinski definition) is 1. The molecule has 0 amide bonds. The summed E-state index contributed by atoms with van der Waals surface area (Å²) in [7, 11) is 0. The molecule has 90 valence electrons. The smallest absolute Gasteiger partial charge is 0.00386 e. The van der Waals surface area contributed by atoms with E-state index in [0.29, 0.717) is 6.04 Å². The van der Waals surface area contributed by atoms with Crippen molar-refractivity contribution >= 4 is 0 Å². The highest BCUT2D eigenvalue weighted by Crippen LogP contribution is 2.10. The van der Waals surface area contributed by atoms with Crippen molar-refractivity contribution in [3.63, 3.8) is 0 Å². The Bertz CT molecular complexity index is 141. The van der Waals surface area contributed by atoms with Crippen LogP contribution in [0.2, 0.25) is 0 Å². The Labute approximate surface area is 95.4 Å². The summed E-state index contributed by atoms with van der Waals surface area (Å²) in [5.41, 5.74) is 0. The maximum Gasteiger partial charge on any atom is 0.00386 e. The molecule has 1 rings (SSSR count). The fraction of sp³-hybridized carbons (Fsp3) is 1.00. The molecule has 1 heterocycles. The number of likely N-dealkylation sites (tertiary alicyclic amines) is 1. The molecule has 1 atom stereocenters. The third kappa shape index (κ3) is 6.16. The Morgan fingerprint density at radius 2 is 1.87 bits per heavy atom. The van der Waals surface area contributed by atoms with E-state index in [1.807, 2.05) is 0 Å². The van der Waals surface area contributed by atoms with Gasteiger partial charge in [0.15, 0.2) is 0 Å². The van der Waals surface area contributed by atoms with Crippen LogP contribution < -0.4 is 5.32 Å². The van der Waals surface area contributed by atoms with Crippen molar-refractivity contribution in [3.05, 3.63) is 0 Å². The lowest BCUT2D eigenvalue weighted by Gasteiger charge is -2.26. The van der Waals surface area contributed by atoms with E-state index >= 15 is 0 Å². The van der Waals surface area contributed by atoms with Crippen LogP contribution in [0.15, 0.2) is 0 Å². The molecule has 0 aliphatic carbocycles. The highest BCUT2D eigenvalue weighted by molar-refractivity contribution is 4.65. The van der Waals surface area contributed by atoms with Crippen LogP contribution in [0.4, 0.5) is 0 Å². The molecular weight excluding hydrogens is 184 g/mol. The third-order valence-corrected chi connectivity index (χ3v) is 3.36. The number of hydrogen-bond acceptors (Lipinski definition) is 2. The molecule has 0 aromatic rings. The predicted octanol–water partition coefficient (Wildman–Crippen LogP) is 2.64. The van der Waals surface area contributed by atoms with Crippen molar-refractivity contribution in [2.24, 2.45) is 0 Å². The fourth-order valence-corrected chi connectivity index (χ4v) is 2.42. The summed E-state index contributed by atoms with van der Waals surface area (Å²) in [4.78, 5) is 2.64. The topological polar surface area (TPSA) is 15.3 Å². The quantitative estimate of drug-likeness (QED) is 0.653. The van der Waals surface area contributed by atoms with Crippen LogP contribution in [-0.2, 0) is 0 Å². The average Bonchev–Trinajstić information content (AvgIpc) is 2.26. The molecule has 0 spiro atoms. The number of nitrogens with one attached hydrogen (secondary N) is 1. The Hall–Kier alpha value is -0.0800. The van der Waals surface area contributed by atoms with E-state index in [-0.39, 0.29) is 0 Å². The molecule has 15 heavy (non-hydrogen) atoms. The van der Waals surface area contributed by atoms with Crippen LogP contribution in [0, 0.1) is 0 Å². The summed E-state index contributed by atoms with van der Waals surface area (Å²) in [6.07, 6.45) is 8.40. The van der Waals surface area contributed by atoms with Gasteiger partial charge < -0.3 is 10.2 Å². The molecule has 0 bridgehead atoms. The molecular formula is C13H28N2. The van der Waals surface area contributed by atoms with Gasteiger partial charge in [-0.1, -0.05) is 19.8 Å². The van der Waals surface area contributed by atoms with Crippen molar-refractivity contribution in [3.8, 4) is 0 Å². The summed E-state index contributed by atoms with van der Waals surface area (Å²) < 4.78 is 0. The van der Waals surface area contributed by atoms with E-state index in [4.69, 9.17) is 0 Å². The summed E-state index contributed by atoms with van der Waals surface area (Å²) in [6.45, 7) is 9.62. The van der Waals surface area contributed by atoms with Gasteiger partial charge in [0.25, 0.3) is 0 Å². The van der Waals surface area contributed by atoms with E-state index in [2.05, 4.69) is 24.1 Å². The average molecular weight is 212 g/mol. The van der Waals surface area contributed by atoms with Gasteiger partial charge in [0.05, 0.1) is 0 Å². The van der Waals surface area contributed by atoms with Gasteiger partial charge in [0.2, 0.25) is 0 Å². The van der Waals surface area contributed by atoms with Gasteiger partial charge in [0.1, 0.15) is 0 Å². The molecule has 0 radical (unpaired) electrons. The van der Waals surface area contributed by atoms with E-state index < -0.39 is 0 Å². The monoisotopic (exact) mass is 212 g/mol. The Morgan fingerprint density at radius 1 is 1.13 bits per heavy atom. The van der Waals surface area contributed by atoms with Gasteiger partial charge in [-0.3, -0.25) is 0 Å². The molecule has 1 saturated heterocycles. The second kappa shape index (κ2) is 8.12. The predicted molar refractivity (Wildman–Crippen MR) is 67.3 cm³/mol. The molecule has 1 fully saturated rings. The van der Waals surface area contributed by atoms with Gasteiger partial charge in [-0.15, -0.1) is 0 Å². The second-order valence-electron chi connectivity index (χ2n) is 4.86. The molecule has 0 aromatic heterocycles. The zero-order valence-corrected chi connectivity index (χ0v) is 10.6. The lowest BCUT2D eigenvalue weighted by atomic mass is 10.1. The lowest BCUT2D eigenvalue weighted by Crippen LogP contribution is -2.31. The van der Waals surface area contributed by atoms with E-state index in [1.165, 1.54) is 58.2 Å².